The maximum atomic E-state index is 12.8. The summed E-state index contributed by atoms with van der Waals surface area (Å²) in [4.78, 5) is 12.5. The van der Waals surface area contributed by atoms with Gasteiger partial charge in [-0.15, -0.1) is 0 Å². The summed E-state index contributed by atoms with van der Waals surface area (Å²) < 4.78 is 32.5. The third-order valence-corrected chi connectivity index (χ3v) is 6.32. The van der Waals surface area contributed by atoms with Gasteiger partial charge in [0.1, 0.15) is 5.75 Å². The molecule has 0 aromatic heterocycles. The van der Waals surface area contributed by atoms with Crippen molar-refractivity contribution in [3.8, 4) is 5.75 Å². The molecule has 3 aromatic rings. The number of amides is 1. The van der Waals surface area contributed by atoms with Gasteiger partial charge in [0, 0.05) is 19.3 Å². The number of hydrogen-bond acceptors (Lipinski definition) is 4. The first-order chi connectivity index (χ1) is 14.4. The summed E-state index contributed by atoms with van der Waals surface area (Å²) in [6.45, 7) is 1.93. The van der Waals surface area contributed by atoms with Gasteiger partial charge in [0.05, 0.1) is 4.90 Å². The lowest BCUT2D eigenvalue weighted by Gasteiger charge is -2.18. The largest absolute Gasteiger partial charge is 0.481 e. The molecule has 7 heteroatoms. The zero-order valence-electron chi connectivity index (χ0n) is 16.9. The fraction of sp³-hybridized carbons (Fsp3) is 0.174. The summed E-state index contributed by atoms with van der Waals surface area (Å²) in [5, 5.41) is 2.74. The number of ether oxygens (including phenoxy) is 1. The first-order valence-electron chi connectivity index (χ1n) is 9.49. The van der Waals surface area contributed by atoms with Gasteiger partial charge in [0.25, 0.3) is 5.91 Å². The van der Waals surface area contributed by atoms with Crippen molar-refractivity contribution >= 4 is 21.6 Å². The molecule has 156 valence electrons. The number of benzene rings is 3. The number of nitrogens with one attached hydrogen (secondary N) is 1. The van der Waals surface area contributed by atoms with Crippen LogP contribution in [0, 0.1) is 0 Å². The smallest absolute Gasteiger partial charge is 0.265 e. The van der Waals surface area contributed by atoms with E-state index >= 15 is 0 Å². The second-order valence-electron chi connectivity index (χ2n) is 6.83. The quantitative estimate of drug-likeness (QED) is 0.595. The molecule has 3 rings (SSSR count). The second-order valence-corrected chi connectivity index (χ2v) is 8.88. The van der Waals surface area contributed by atoms with Crippen LogP contribution in [-0.4, -0.2) is 31.8 Å². The van der Waals surface area contributed by atoms with Gasteiger partial charge in [-0.2, -0.15) is 4.31 Å². The Hall–Kier alpha value is -3.16. The summed E-state index contributed by atoms with van der Waals surface area (Å²) in [6, 6.07) is 24.5. The molecule has 1 N–H and O–H groups in total. The fourth-order valence-corrected chi connectivity index (χ4v) is 3.98. The lowest BCUT2D eigenvalue weighted by molar-refractivity contribution is -0.122. The Balaban J connectivity index is 1.63. The van der Waals surface area contributed by atoms with E-state index in [-0.39, 0.29) is 17.3 Å². The Bertz CT molecular complexity index is 1070. The zero-order valence-corrected chi connectivity index (χ0v) is 17.7. The van der Waals surface area contributed by atoms with Crippen molar-refractivity contribution in [2.75, 3.05) is 12.4 Å². The lowest BCUT2D eigenvalue weighted by atomic mass is 10.2. The van der Waals surface area contributed by atoms with Crippen LogP contribution in [0.25, 0.3) is 0 Å². The van der Waals surface area contributed by atoms with Crippen molar-refractivity contribution in [3.63, 3.8) is 0 Å². The minimum absolute atomic E-state index is 0.160. The van der Waals surface area contributed by atoms with Gasteiger partial charge in [0.2, 0.25) is 10.0 Å². The van der Waals surface area contributed by atoms with Crippen molar-refractivity contribution in [1.82, 2.24) is 4.31 Å². The summed E-state index contributed by atoms with van der Waals surface area (Å²) in [5.41, 5.74) is 1.40. The molecule has 30 heavy (non-hydrogen) atoms. The van der Waals surface area contributed by atoms with E-state index < -0.39 is 16.1 Å². The Labute approximate surface area is 177 Å². The number of hydrogen-bond donors (Lipinski definition) is 1. The van der Waals surface area contributed by atoms with Crippen LogP contribution < -0.4 is 10.1 Å². The summed E-state index contributed by atoms with van der Waals surface area (Å²) >= 11 is 0. The highest BCUT2D eigenvalue weighted by molar-refractivity contribution is 7.89. The number of carbonyl (C=O) groups excluding carboxylic acids is 1. The van der Waals surface area contributed by atoms with Crippen molar-refractivity contribution in [3.05, 3.63) is 90.5 Å². The van der Waals surface area contributed by atoms with E-state index in [1.165, 1.54) is 16.4 Å². The standard InChI is InChI=1S/C23H24N2O4S/c1-18(29-21-11-7-4-8-12-21)23(26)24-20-13-15-22(16-14-20)30(27,28)25(2)17-19-9-5-3-6-10-19/h3-16,18H,17H2,1-2H3,(H,24,26). The number of nitrogens with zero attached hydrogens (tertiary/aromatic N) is 1. The van der Waals surface area contributed by atoms with Crippen LogP contribution in [-0.2, 0) is 21.4 Å². The molecule has 0 saturated carbocycles. The van der Waals surface area contributed by atoms with Gasteiger partial charge in [-0.05, 0) is 48.9 Å². The third-order valence-electron chi connectivity index (χ3n) is 4.50. The van der Waals surface area contributed by atoms with Crippen LogP contribution in [0.5, 0.6) is 5.75 Å². The van der Waals surface area contributed by atoms with Gasteiger partial charge in [-0.25, -0.2) is 8.42 Å². The van der Waals surface area contributed by atoms with Gasteiger partial charge in [-0.1, -0.05) is 48.5 Å². The van der Waals surface area contributed by atoms with Gasteiger partial charge < -0.3 is 10.1 Å². The number of rotatable bonds is 8. The van der Waals surface area contributed by atoms with Crippen molar-refractivity contribution < 1.29 is 17.9 Å². The van der Waals surface area contributed by atoms with Gasteiger partial charge in [0.15, 0.2) is 6.10 Å². The average Bonchev–Trinajstić information content (AvgIpc) is 2.75. The molecule has 1 amide bonds. The van der Waals surface area contributed by atoms with E-state index in [9.17, 15) is 13.2 Å². The number of para-hydroxylation sites is 1. The van der Waals surface area contributed by atoms with E-state index in [0.717, 1.165) is 5.56 Å². The maximum absolute atomic E-state index is 12.8. The summed E-state index contributed by atoms with van der Waals surface area (Å²) in [7, 11) is -2.10. The molecule has 0 spiro atoms. The average molecular weight is 425 g/mol. The van der Waals surface area contributed by atoms with Crippen molar-refractivity contribution in [2.45, 2.75) is 24.5 Å². The highest BCUT2D eigenvalue weighted by atomic mass is 32.2. The third kappa shape index (κ3) is 5.46. The fourth-order valence-electron chi connectivity index (χ4n) is 2.82. The number of sulfonamides is 1. The first kappa shape index (κ1) is 21.5. The summed E-state index contributed by atoms with van der Waals surface area (Å²) in [6.07, 6.45) is -0.701. The van der Waals surface area contributed by atoms with E-state index in [1.54, 1.807) is 38.2 Å². The highest BCUT2D eigenvalue weighted by Crippen LogP contribution is 2.20. The second kappa shape index (κ2) is 9.56. The Morgan fingerprint density at radius 3 is 2.10 bits per heavy atom. The predicted molar refractivity (Wildman–Crippen MR) is 117 cm³/mol. The van der Waals surface area contributed by atoms with Crippen LogP contribution in [0.2, 0.25) is 0 Å². The van der Waals surface area contributed by atoms with Crippen molar-refractivity contribution in [1.29, 1.82) is 0 Å². The van der Waals surface area contributed by atoms with E-state index in [0.29, 0.717) is 11.4 Å². The molecule has 0 bridgehead atoms. The van der Waals surface area contributed by atoms with E-state index in [2.05, 4.69) is 5.32 Å². The molecule has 1 atom stereocenters. The zero-order chi connectivity index (χ0) is 21.6. The van der Waals surface area contributed by atoms with Crippen molar-refractivity contribution in [2.24, 2.45) is 0 Å². The van der Waals surface area contributed by atoms with Crippen LogP contribution in [0.4, 0.5) is 5.69 Å². The normalized spacial score (nSPS) is 12.4. The molecule has 0 radical (unpaired) electrons. The molecule has 0 heterocycles. The monoisotopic (exact) mass is 424 g/mol. The first-order valence-corrected chi connectivity index (χ1v) is 10.9. The highest BCUT2D eigenvalue weighted by Gasteiger charge is 2.21. The molecule has 0 saturated heterocycles. The van der Waals surface area contributed by atoms with Gasteiger partial charge >= 0.3 is 0 Å². The SMILES string of the molecule is CC(Oc1ccccc1)C(=O)Nc1ccc(S(=O)(=O)N(C)Cc2ccccc2)cc1. The Morgan fingerprint density at radius 1 is 0.933 bits per heavy atom. The molecule has 0 aliphatic rings. The molecular weight excluding hydrogens is 400 g/mol. The minimum atomic E-state index is -3.64. The maximum Gasteiger partial charge on any atom is 0.265 e. The van der Waals surface area contributed by atoms with Gasteiger partial charge in [-0.3, -0.25) is 4.79 Å². The molecule has 0 fully saturated rings. The van der Waals surface area contributed by atoms with Crippen LogP contribution in [0.1, 0.15) is 12.5 Å². The van der Waals surface area contributed by atoms with E-state index in [1.807, 2.05) is 48.5 Å². The van der Waals surface area contributed by atoms with Crippen LogP contribution >= 0.6 is 0 Å². The molecular formula is C23H24N2O4S. The molecule has 0 aliphatic heterocycles. The lowest BCUT2D eigenvalue weighted by Crippen LogP contribution is -2.30. The molecule has 6 nitrogen and oxygen atoms in total. The van der Waals surface area contributed by atoms with Crippen LogP contribution in [0.3, 0.4) is 0 Å². The molecule has 1 unspecified atom stereocenters. The Kier molecular flexibility index (Phi) is 6.87. The number of anilines is 1. The van der Waals surface area contributed by atoms with Crippen LogP contribution in [0.15, 0.2) is 89.8 Å². The Morgan fingerprint density at radius 2 is 1.50 bits per heavy atom. The predicted octanol–water partition coefficient (Wildman–Crippen LogP) is 3.91. The number of carbonyl (C=O) groups is 1. The van der Waals surface area contributed by atoms with E-state index in [4.69, 9.17) is 4.74 Å². The topological polar surface area (TPSA) is 75.7 Å². The minimum Gasteiger partial charge on any atom is -0.481 e. The molecule has 0 aliphatic carbocycles. The molecule has 3 aromatic carbocycles. The summed E-state index contributed by atoms with van der Waals surface area (Å²) in [5.74, 6) is 0.277.